The summed E-state index contributed by atoms with van der Waals surface area (Å²) in [5.41, 5.74) is 6.50. The molecule has 0 aliphatic carbocycles. The zero-order valence-corrected chi connectivity index (χ0v) is 22.4. The van der Waals surface area contributed by atoms with Gasteiger partial charge >= 0.3 is 0 Å². The zero-order valence-electron chi connectivity index (χ0n) is 22.4. The molecular formula is C33H25N7O2. The van der Waals surface area contributed by atoms with Crippen LogP contribution in [0.15, 0.2) is 97.6 Å². The van der Waals surface area contributed by atoms with Crippen molar-refractivity contribution in [2.24, 2.45) is 0 Å². The van der Waals surface area contributed by atoms with E-state index in [9.17, 15) is 9.90 Å². The van der Waals surface area contributed by atoms with Gasteiger partial charge in [-0.05, 0) is 34.2 Å². The number of hydrogen-bond donors (Lipinski definition) is 4. The second-order valence-corrected chi connectivity index (χ2v) is 10.6. The Balaban J connectivity index is 1.25. The standard InChI is InChI=1S/C33H25N7O2/c34-31-30-32(36-17-35-30)39(18-37-31)15-20-16-40(27-14-28(41)22-9-4-5-10-23(22)29(20)27)33(42)26-13-24-21(11-6-12-25(24)38-26)19-7-2-1-3-8-19/h1-14,17-18,20,34,38,41H,15-16H2,(H,35,36)/t20-/m1/s1. The van der Waals surface area contributed by atoms with Gasteiger partial charge in [-0.25, -0.2) is 9.97 Å². The number of H-pyrrole nitrogens is 2. The molecule has 1 aliphatic rings. The van der Waals surface area contributed by atoms with Crippen LogP contribution in [-0.4, -0.2) is 42.1 Å². The van der Waals surface area contributed by atoms with Crippen molar-refractivity contribution in [3.63, 3.8) is 0 Å². The van der Waals surface area contributed by atoms with Crippen molar-refractivity contribution in [2.45, 2.75) is 12.5 Å². The van der Waals surface area contributed by atoms with Gasteiger partial charge in [0, 0.05) is 41.4 Å². The van der Waals surface area contributed by atoms with E-state index in [1.54, 1.807) is 23.6 Å². The Morgan fingerprint density at radius 2 is 1.76 bits per heavy atom. The number of anilines is 1. The van der Waals surface area contributed by atoms with Crippen molar-refractivity contribution in [3.05, 3.63) is 114 Å². The smallest absolute Gasteiger partial charge is 0.274 e. The summed E-state index contributed by atoms with van der Waals surface area (Å²) < 4.78 is 1.92. The number of phenols is 1. The lowest BCUT2D eigenvalue weighted by Gasteiger charge is -2.18. The van der Waals surface area contributed by atoms with E-state index in [2.05, 4.69) is 38.1 Å². The Labute approximate surface area is 239 Å². The van der Waals surface area contributed by atoms with E-state index in [-0.39, 0.29) is 23.1 Å². The van der Waals surface area contributed by atoms with E-state index < -0.39 is 0 Å². The first-order valence-corrected chi connectivity index (χ1v) is 13.7. The van der Waals surface area contributed by atoms with Crippen LogP contribution in [0, 0.1) is 5.41 Å². The molecule has 0 bridgehead atoms. The molecule has 1 amide bonds. The molecule has 4 heterocycles. The number of fused-ring (bicyclic) bond motifs is 5. The molecule has 0 radical (unpaired) electrons. The van der Waals surface area contributed by atoms with Crippen LogP contribution in [0.2, 0.25) is 0 Å². The van der Waals surface area contributed by atoms with Crippen molar-refractivity contribution < 1.29 is 9.90 Å². The molecule has 0 saturated heterocycles. The number of imidazole rings is 1. The summed E-state index contributed by atoms with van der Waals surface area (Å²) in [6.45, 7) is 0.898. The fourth-order valence-electron chi connectivity index (χ4n) is 6.35. The maximum Gasteiger partial charge on any atom is 0.274 e. The highest BCUT2D eigenvalue weighted by Gasteiger charge is 2.36. The molecule has 0 unspecified atom stereocenters. The van der Waals surface area contributed by atoms with Gasteiger partial charge in [0.05, 0.1) is 18.3 Å². The van der Waals surface area contributed by atoms with Crippen molar-refractivity contribution in [3.8, 4) is 16.9 Å². The molecule has 7 aromatic rings. The lowest BCUT2D eigenvalue weighted by molar-refractivity contribution is 0.0984. The summed E-state index contributed by atoms with van der Waals surface area (Å²) in [6.07, 6.45) is 3.19. The molecule has 42 heavy (non-hydrogen) atoms. The van der Waals surface area contributed by atoms with E-state index >= 15 is 0 Å². The summed E-state index contributed by atoms with van der Waals surface area (Å²) in [5.74, 6) is -0.145. The van der Waals surface area contributed by atoms with Crippen molar-refractivity contribution in [2.75, 3.05) is 11.4 Å². The second kappa shape index (κ2) is 9.17. The van der Waals surface area contributed by atoms with Gasteiger partial charge in [0.1, 0.15) is 17.0 Å². The van der Waals surface area contributed by atoms with Crippen molar-refractivity contribution in [1.29, 1.82) is 5.41 Å². The molecule has 0 saturated carbocycles. The molecule has 8 rings (SSSR count). The van der Waals surface area contributed by atoms with Crippen molar-refractivity contribution in [1.82, 2.24) is 24.5 Å². The van der Waals surface area contributed by atoms with Gasteiger partial charge in [-0.2, -0.15) is 0 Å². The molecule has 0 spiro atoms. The number of phenolic OH excluding ortho intramolecular Hbond substituents is 1. The Kier molecular flexibility index (Phi) is 5.27. The average Bonchev–Trinajstić information content (AvgIpc) is 3.77. The highest BCUT2D eigenvalue weighted by molar-refractivity contribution is 6.12. The number of aromatic amines is 2. The van der Waals surface area contributed by atoms with E-state index in [1.165, 1.54) is 0 Å². The summed E-state index contributed by atoms with van der Waals surface area (Å²) in [4.78, 5) is 31.0. The molecule has 3 aromatic heterocycles. The highest BCUT2D eigenvalue weighted by atomic mass is 16.3. The monoisotopic (exact) mass is 551 g/mol. The Hall–Kier alpha value is -5.70. The number of aromatic nitrogens is 5. The number of nitrogens with one attached hydrogen (secondary N) is 3. The fraction of sp³-hybridized carbons (Fsp3) is 0.0909. The summed E-state index contributed by atoms with van der Waals surface area (Å²) in [5, 5.41) is 21.8. The summed E-state index contributed by atoms with van der Waals surface area (Å²) in [7, 11) is 0. The molecule has 204 valence electrons. The average molecular weight is 552 g/mol. The lowest BCUT2D eigenvalue weighted by atomic mass is 9.94. The fourth-order valence-corrected chi connectivity index (χ4v) is 6.35. The van der Waals surface area contributed by atoms with Crippen molar-refractivity contribution >= 4 is 44.4 Å². The van der Waals surface area contributed by atoms with Crippen LogP contribution in [0.4, 0.5) is 5.69 Å². The zero-order chi connectivity index (χ0) is 28.4. The summed E-state index contributed by atoms with van der Waals surface area (Å²) >= 11 is 0. The van der Waals surface area contributed by atoms with E-state index in [1.807, 2.05) is 65.2 Å². The van der Waals surface area contributed by atoms with Gasteiger partial charge in [0.15, 0.2) is 11.1 Å². The number of carbonyl (C=O) groups is 1. The molecule has 4 N–H and O–H groups in total. The Morgan fingerprint density at radius 1 is 0.952 bits per heavy atom. The minimum Gasteiger partial charge on any atom is -0.507 e. The molecule has 9 heteroatoms. The molecule has 0 fully saturated rings. The number of nitrogens with zero attached hydrogens (tertiary/aromatic N) is 4. The van der Waals surface area contributed by atoms with E-state index in [4.69, 9.17) is 5.41 Å². The highest BCUT2D eigenvalue weighted by Crippen LogP contribution is 2.46. The van der Waals surface area contributed by atoms with Crippen LogP contribution >= 0.6 is 0 Å². The minimum absolute atomic E-state index is 0.109. The van der Waals surface area contributed by atoms with E-state index in [0.29, 0.717) is 35.6 Å². The predicted octanol–water partition coefficient (Wildman–Crippen LogP) is 5.69. The molecular weight excluding hydrogens is 526 g/mol. The number of benzene rings is 4. The summed E-state index contributed by atoms with van der Waals surface area (Å²) in [6, 6.07) is 27.5. The third kappa shape index (κ3) is 3.63. The second-order valence-electron chi connectivity index (χ2n) is 10.6. The quantitative estimate of drug-likeness (QED) is 0.224. The van der Waals surface area contributed by atoms with Gasteiger partial charge in [-0.1, -0.05) is 66.7 Å². The Morgan fingerprint density at radius 3 is 2.62 bits per heavy atom. The topological polar surface area (TPSA) is 127 Å². The first-order valence-electron chi connectivity index (χ1n) is 13.7. The van der Waals surface area contributed by atoms with Crippen LogP contribution in [0.5, 0.6) is 5.75 Å². The van der Waals surface area contributed by atoms with Crippen LogP contribution < -0.4 is 10.4 Å². The number of amides is 1. The lowest BCUT2D eigenvalue weighted by Crippen LogP contribution is -2.31. The van der Waals surface area contributed by atoms with Gasteiger partial charge in [0.2, 0.25) is 0 Å². The third-order valence-corrected chi connectivity index (χ3v) is 8.24. The largest absolute Gasteiger partial charge is 0.507 e. The number of aromatic hydroxyl groups is 1. The van der Waals surface area contributed by atoms with Gasteiger partial charge in [-0.3, -0.25) is 10.2 Å². The minimum atomic E-state index is -0.168. The van der Waals surface area contributed by atoms with E-state index in [0.717, 1.165) is 38.4 Å². The molecule has 4 aromatic carbocycles. The van der Waals surface area contributed by atoms with Crippen LogP contribution in [0.3, 0.4) is 0 Å². The van der Waals surface area contributed by atoms with Crippen LogP contribution in [0.25, 0.3) is 44.0 Å². The van der Waals surface area contributed by atoms with Gasteiger partial charge in [-0.15, -0.1) is 0 Å². The third-order valence-electron chi connectivity index (χ3n) is 8.24. The number of carbonyl (C=O) groups excluding carboxylic acids is 1. The molecule has 1 atom stereocenters. The SMILES string of the molecule is N=c1ncn(C[C@@H]2CN(C(=O)c3cc4c(-c5ccccc5)cccc4[nH]3)c3cc(O)c4ccccc4c32)c2nc[nH]c12. The maximum absolute atomic E-state index is 14.2. The molecule has 1 aliphatic heterocycles. The predicted molar refractivity (Wildman–Crippen MR) is 161 cm³/mol. The maximum atomic E-state index is 14.2. The Bertz CT molecular complexity index is 2230. The first kappa shape index (κ1) is 24.1. The van der Waals surface area contributed by atoms with Crippen LogP contribution in [0.1, 0.15) is 22.0 Å². The number of rotatable bonds is 4. The van der Waals surface area contributed by atoms with Gasteiger partial charge in [0.25, 0.3) is 5.91 Å². The normalized spacial score (nSPS) is 14.7. The van der Waals surface area contributed by atoms with Crippen LogP contribution in [-0.2, 0) is 6.54 Å². The number of hydrogen-bond acceptors (Lipinski definition) is 5. The molecule has 9 nitrogen and oxygen atoms in total. The van der Waals surface area contributed by atoms with Gasteiger partial charge < -0.3 is 24.5 Å². The first-order chi connectivity index (χ1) is 20.6.